The van der Waals surface area contributed by atoms with Crippen LogP contribution in [-0.4, -0.2) is 16.0 Å². The van der Waals surface area contributed by atoms with Crippen molar-refractivity contribution in [1.29, 1.82) is 0 Å². The summed E-state index contributed by atoms with van der Waals surface area (Å²) in [5.41, 5.74) is 3.05. The molecule has 2 aliphatic rings. The summed E-state index contributed by atoms with van der Waals surface area (Å²) in [5.74, 6) is 1.01. The number of hydrogen-bond acceptors (Lipinski definition) is 4. The van der Waals surface area contributed by atoms with E-state index in [9.17, 15) is 15.0 Å². The molecule has 0 unspecified atom stereocenters. The van der Waals surface area contributed by atoms with Crippen molar-refractivity contribution in [3.8, 4) is 17.2 Å². The summed E-state index contributed by atoms with van der Waals surface area (Å²) in [7, 11) is 0. The summed E-state index contributed by atoms with van der Waals surface area (Å²) < 4.78 is 5.88. The van der Waals surface area contributed by atoms with Crippen LogP contribution in [0.15, 0.2) is 30.3 Å². The molecule has 0 aromatic heterocycles. The maximum absolute atomic E-state index is 12.5. The van der Waals surface area contributed by atoms with Crippen LogP contribution >= 0.6 is 0 Å². The SMILES string of the molecule is C[C@@H]1CC(=O)c2c(ccc(O)c2[C@H]2Cc3cccc(O)c3O2)C1. The van der Waals surface area contributed by atoms with E-state index in [1.807, 2.05) is 12.1 Å². The fourth-order valence-corrected chi connectivity index (χ4v) is 3.76. The smallest absolute Gasteiger partial charge is 0.165 e. The van der Waals surface area contributed by atoms with Gasteiger partial charge in [0.25, 0.3) is 0 Å². The Morgan fingerprint density at radius 2 is 1.83 bits per heavy atom. The number of benzene rings is 2. The van der Waals surface area contributed by atoms with E-state index in [0.717, 1.165) is 17.5 Å². The molecule has 4 heteroatoms. The topological polar surface area (TPSA) is 66.8 Å². The first-order chi connectivity index (χ1) is 11.0. The van der Waals surface area contributed by atoms with E-state index in [-0.39, 0.29) is 17.3 Å². The van der Waals surface area contributed by atoms with Gasteiger partial charge in [0.1, 0.15) is 11.9 Å². The largest absolute Gasteiger partial charge is 0.508 e. The van der Waals surface area contributed by atoms with Gasteiger partial charge in [-0.1, -0.05) is 25.1 Å². The van der Waals surface area contributed by atoms with Gasteiger partial charge in [-0.3, -0.25) is 4.79 Å². The number of phenolic OH excluding ortho intramolecular Hbond substituents is 2. The number of fused-ring (bicyclic) bond motifs is 2. The molecule has 4 nitrogen and oxygen atoms in total. The van der Waals surface area contributed by atoms with E-state index in [4.69, 9.17) is 4.74 Å². The number of hydrogen-bond donors (Lipinski definition) is 2. The average Bonchev–Trinajstić information content (AvgIpc) is 2.93. The molecule has 0 amide bonds. The van der Waals surface area contributed by atoms with Gasteiger partial charge >= 0.3 is 0 Å². The molecule has 0 saturated carbocycles. The molecule has 118 valence electrons. The second-order valence-electron chi connectivity index (χ2n) is 6.55. The average molecular weight is 310 g/mol. The number of rotatable bonds is 1. The number of carbonyl (C=O) groups is 1. The number of para-hydroxylation sites is 1. The van der Waals surface area contributed by atoms with Crippen molar-refractivity contribution in [2.45, 2.75) is 32.3 Å². The molecular weight excluding hydrogens is 292 g/mol. The Hall–Kier alpha value is -2.49. The van der Waals surface area contributed by atoms with Crippen LogP contribution in [0.1, 0.15) is 46.5 Å². The second kappa shape index (κ2) is 5.01. The maximum atomic E-state index is 12.5. The third-order valence-electron chi connectivity index (χ3n) is 4.75. The number of ether oxygens (including phenoxy) is 1. The highest BCUT2D eigenvalue weighted by atomic mass is 16.5. The Bertz CT molecular complexity index is 809. The summed E-state index contributed by atoms with van der Waals surface area (Å²) >= 11 is 0. The van der Waals surface area contributed by atoms with E-state index in [2.05, 4.69) is 6.92 Å². The maximum Gasteiger partial charge on any atom is 0.165 e. The zero-order chi connectivity index (χ0) is 16.1. The van der Waals surface area contributed by atoms with E-state index >= 15 is 0 Å². The first-order valence-corrected chi connectivity index (χ1v) is 7.90. The van der Waals surface area contributed by atoms with Gasteiger partial charge in [-0.15, -0.1) is 0 Å². The summed E-state index contributed by atoms with van der Waals surface area (Å²) in [6.45, 7) is 2.06. The fourth-order valence-electron chi connectivity index (χ4n) is 3.76. The quantitative estimate of drug-likeness (QED) is 0.845. The van der Waals surface area contributed by atoms with Gasteiger partial charge in [-0.2, -0.15) is 0 Å². The van der Waals surface area contributed by atoms with Gasteiger partial charge in [0.2, 0.25) is 0 Å². The zero-order valence-corrected chi connectivity index (χ0v) is 12.9. The minimum absolute atomic E-state index is 0.0634. The predicted octanol–water partition coefficient (Wildman–Crippen LogP) is 3.54. The van der Waals surface area contributed by atoms with Crippen molar-refractivity contribution in [2.24, 2.45) is 5.92 Å². The first kappa shape index (κ1) is 14.1. The number of carbonyl (C=O) groups excluding carboxylic acids is 1. The van der Waals surface area contributed by atoms with Crippen molar-refractivity contribution in [2.75, 3.05) is 0 Å². The molecule has 1 aliphatic carbocycles. The van der Waals surface area contributed by atoms with Crippen LogP contribution in [0.5, 0.6) is 17.2 Å². The lowest BCUT2D eigenvalue weighted by Gasteiger charge is -2.25. The van der Waals surface area contributed by atoms with Gasteiger partial charge in [0.15, 0.2) is 17.3 Å². The molecule has 0 fully saturated rings. The van der Waals surface area contributed by atoms with Gasteiger partial charge < -0.3 is 14.9 Å². The Kier molecular flexibility index (Phi) is 3.08. The summed E-state index contributed by atoms with van der Waals surface area (Å²) in [4.78, 5) is 12.5. The molecule has 1 aliphatic heterocycles. The molecule has 23 heavy (non-hydrogen) atoms. The molecule has 4 rings (SSSR count). The van der Waals surface area contributed by atoms with Crippen LogP contribution in [0.25, 0.3) is 0 Å². The number of Topliss-reactive ketones (excluding diaryl/α,β-unsaturated/α-hetero) is 1. The Labute approximate surface area is 134 Å². The minimum Gasteiger partial charge on any atom is -0.508 e. The van der Waals surface area contributed by atoms with E-state index < -0.39 is 6.10 Å². The third-order valence-corrected chi connectivity index (χ3v) is 4.75. The lowest BCUT2D eigenvalue weighted by Crippen LogP contribution is -2.22. The Morgan fingerprint density at radius 3 is 2.61 bits per heavy atom. The third kappa shape index (κ3) is 2.17. The predicted molar refractivity (Wildman–Crippen MR) is 85.1 cm³/mol. The van der Waals surface area contributed by atoms with Crippen LogP contribution in [0.2, 0.25) is 0 Å². The zero-order valence-electron chi connectivity index (χ0n) is 12.9. The van der Waals surface area contributed by atoms with Gasteiger partial charge in [0, 0.05) is 29.5 Å². The number of aromatic hydroxyl groups is 2. The van der Waals surface area contributed by atoms with Crippen molar-refractivity contribution in [3.63, 3.8) is 0 Å². The molecule has 1 heterocycles. The van der Waals surface area contributed by atoms with Crippen molar-refractivity contribution in [1.82, 2.24) is 0 Å². The standard InChI is InChI=1S/C19H18O4/c1-10-7-11-5-6-13(20)18(17(11)15(22)8-10)16-9-12-3-2-4-14(21)19(12)23-16/h2-6,10,16,20-21H,7-9H2,1H3/t10-,16+/m0/s1. The van der Waals surface area contributed by atoms with Crippen LogP contribution in [0.3, 0.4) is 0 Å². The van der Waals surface area contributed by atoms with Gasteiger partial charge in [-0.05, 0) is 30.0 Å². The molecule has 0 saturated heterocycles. The molecule has 2 N–H and O–H groups in total. The molecule has 0 bridgehead atoms. The number of ketones is 1. The monoisotopic (exact) mass is 310 g/mol. The summed E-state index contributed by atoms with van der Waals surface area (Å²) in [6.07, 6.45) is 1.43. The van der Waals surface area contributed by atoms with Crippen molar-refractivity contribution >= 4 is 5.78 Å². The normalized spacial score (nSPS) is 22.4. The fraction of sp³-hybridized carbons (Fsp3) is 0.316. The van der Waals surface area contributed by atoms with E-state index in [0.29, 0.717) is 35.6 Å². The van der Waals surface area contributed by atoms with Crippen LogP contribution in [-0.2, 0) is 12.8 Å². The van der Waals surface area contributed by atoms with Crippen molar-refractivity contribution in [3.05, 3.63) is 52.6 Å². The molecule has 0 radical (unpaired) electrons. The molecule has 2 aromatic carbocycles. The summed E-state index contributed by atoms with van der Waals surface area (Å²) in [6, 6.07) is 8.72. The van der Waals surface area contributed by atoms with E-state index in [1.165, 1.54) is 0 Å². The van der Waals surface area contributed by atoms with Crippen LogP contribution < -0.4 is 4.74 Å². The van der Waals surface area contributed by atoms with Gasteiger partial charge in [-0.25, -0.2) is 0 Å². The highest BCUT2D eigenvalue weighted by molar-refractivity contribution is 6.01. The summed E-state index contributed by atoms with van der Waals surface area (Å²) in [5, 5.41) is 20.3. The Balaban J connectivity index is 1.81. The molecule has 0 spiro atoms. The van der Waals surface area contributed by atoms with Crippen molar-refractivity contribution < 1.29 is 19.7 Å². The Morgan fingerprint density at radius 1 is 1.00 bits per heavy atom. The first-order valence-electron chi connectivity index (χ1n) is 7.90. The van der Waals surface area contributed by atoms with Crippen LogP contribution in [0, 0.1) is 5.92 Å². The lowest BCUT2D eigenvalue weighted by atomic mass is 9.80. The lowest BCUT2D eigenvalue weighted by molar-refractivity contribution is 0.0947. The highest BCUT2D eigenvalue weighted by Gasteiger charge is 2.35. The van der Waals surface area contributed by atoms with Gasteiger partial charge in [0.05, 0.1) is 0 Å². The molecular formula is C19H18O4. The van der Waals surface area contributed by atoms with Crippen LogP contribution in [0.4, 0.5) is 0 Å². The van der Waals surface area contributed by atoms with E-state index in [1.54, 1.807) is 18.2 Å². The molecule has 2 atom stereocenters. The highest BCUT2D eigenvalue weighted by Crippen LogP contribution is 2.46. The second-order valence-corrected chi connectivity index (χ2v) is 6.55. The minimum atomic E-state index is -0.439. The number of phenols is 2. The molecule has 2 aromatic rings.